The lowest BCUT2D eigenvalue weighted by Gasteiger charge is -2.21. The number of likely N-dealkylation sites (tertiary alicyclic amines) is 1. The van der Waals surface area contributed by atoms with Crippen LogP contribution in [0, 0.1) is 6.92 Å². The number of carbonyl (C=O) groups excluding carboxylic acids is 1. The minimum atomic E-state index is -0.0456. The average molecular weight is 314 g/mol. The fourth-order valence-corrected chi connectivity index (χ4v) is 3.69. The number of rotatable bonds is 5. The van der Waals surface area contributed by atoms with Crippen molar-refractivity contribution < 1.29 is 4.79 Å². The van der Waals surface area contributed by atoms with Gasteiger partial charge < -0.3 is 5.32 Å². The zero-order valence-corrected chi connectivity index (χ0v) is 13.7. The molecule has 116 valence electrons. The minimum absolute atomic E-state index is 0.0456. The van der Waals surface area contributed by atoms with E-state index in [1.54, 1.807) is 11.3 Å². The molecule has 0 unspecified atom stereocenters. The Labute approximate surface area is 136 Å². The van der Waals surface area contributed by atoms with Crippen molar-refractivity contribution in [1.29, 1.82) is 0 Å². The van der Waals surface area contributed by atoms with E-state index >= 15 is 0 Å². The number of hydrogen-bond acceptors (Lipinski definition) is 3. The van der Waals surface area contributed by atoms with Gasteiger partial charge in [0.1, 0.15) is 0 Å². The van der Waals surface area contributed by atoms with Crippen molar-refractivity contribution in [3.05, 3.63) is 57.8 Å². The van der Waals surface area contributed by atoms with Gasteiger partial charge in [-0.2, -0.15) is 0 Å². The lowest BCUT2D eigenvalue weighted by Crippen LogP contribution is -2.37. The molecule has 2 aromatic rings. The third-order valence-electron chi connectivity index (χ3n) is 4.11. The molecule has 0 aliphatic carbocycles. The largest absolute Gasteiger partial charge is 0.343 e. The molecule has 3 nitrogen and oxygen atoms in total. The number of aryl methyl sites for hydroxylation is 1. The molecule has 1 aromatic heterocycles. The average Bonchev–Trinajstić information content (AvgIpc) is 3.19. The highest BCUT2D eigenvalue weighted by Gasteiger charge is 2.20. The molecule has 1 fully saturated rings. The van der Waals surface area contributed by atoms with Crippen molar-refractivity contribution in [2.45, 2.75) is 25.8 Å². The number of hydrogen-bond donors (Lipinski definition) is 1. The van der Waals surface area contributed by atoms with Crippen LogP contribution in [-0.4, -0.2) is 30.4 Å². The molecule has 2 heterocycles. The molecule has 1 aliphatic rings. The van der Waals surface area contributed by atoms with E-state index in [-0.39, 0.29) is 11.9 Å². The maximum Gasteiger partial charge on any atom is 0.234 e. The van der Waals surface area contributed by atoms with Gasteiger partial charge in [0.25, 0.3) is 0 Å². The van der Waals surface area contributed by atoms with Crippen molar-refractivity contribution in [2.24, 2.45) is 0 Å². The second-order valence-corrected chi connectivity index (χ2v) is 6.89. The summed E-state index contributed by atoms with van der Waals surface area (Å²) in [5.74, 6) is 0.112. The Morgan fingerprint density at radius 2 is 1.95 bits per heavy atom. The summed E-state index contributed by atoms with van der Waals surface area (Å²) < 4.78 is 0. The number of carbonyl (C=O) groups is 1. The van der Waals surface area contributed by atoms with Crippen LogP contribution < -0.4 is 5.32 Å². The first kappa shape index (κ1) is 15.3. The molecule has 0 saturated carbocycles. The van der Waals surface area contributed by atoms with Gasteiger partial charge in [0.15, 0.2) is 0 Å². The summed E-state index contributed by atoms with van der Waals surface area (Å²) in [6, 6.07) is 12.5. The maximum absolute atomic E-state index is 12.4. The first-order valence-corrected chi connectivity index (χ1v) is 8.72. The van der Waals surface area contributed by atoms with Gasteiger partial charge in [0.2, 0.25) is 5.91 Å². The van der Waals surface area contributed by atoms with E-state index in [2.05, 4.69) is 52.9 Å². The van der Waals surface area contributed by atoms with Crippen LogP contribution in [-0.2, 0) is 4.79 Å². The molecule has 4 heteroatoms. The van der Waals surface area contributed by atoms with E-state index in [4.69, 9.17) is 0 Å². The third kappa shape index (κ3) is 3.76. The molecule has 1 saturated heterocycles. The first-order chi connectivity index (χ1) is 10.7. The molecule has 1 N–H and O–H groups in total. The van der Waals surface area contributed by atoms with Gasteiger partial charge >= 0.3 is 0 Å². The summed E-state index contributed by atoms with van der Waals surface area (Å²) in [5.41, 5.74) is 2.37. The van der Waals surface area contributed by atoms with Gasteiger partial charge in [0.05, 0.1) is 12.6 Å². The predicted molar refractivity (Wildman–Crippen MR) is 91.2 cm³/mol. The van der Waals surface area contributed by atoms with Crippen molar-refractivity contribution in [2.75, 3.05) is 19.6 Å². The van der Waals surface area contributed by atoms with Crippen molar-refractivity contribution >= 4 is 17.2 Å². The van der Waals surface area contributed by atoms with Gasteiger partial charge in [-0.15, -0.1) is 11.3 Å². The number of thiophene rings is 1. The molecule has 1 atom stereocenters. The Morgan fingerprint density at radius 1 is 1.23 bits per heavy atom. The molecule has 1 amide bonds. The minimum Gasteiger partial charge on any atom is -0.343 e. The summed E-state index contributed by atoms with van der Waals surface area (Å²) in [7, 11) is 0. The lowest BCUT2D eigenvalue weighted by molar-refractivity contribution is -0.122. The summed E-state index contributed by atoms with van der Waals surface area (Å²) in [6.07, 6.45) is 2.42. The zero-order valence-electron chi connectivity index (χ0n) is 12.9. The second-order valence-electron chi connectivity index (χ2n) is 5.91. The summed E-state index contributed by atoms with van der Waals surface area (Å²) in [4.78, 5) is 15.8. The Morgan fingerprint density at radius 3 is 2.59 bits per heavy atom. The normalized spacial score (nSPS) is 16.6. The van der Waals surface area contributed by atoms with Crippen LogP contribution in [0.25, 0.3) is 0 Å². The summed E-state index contributed by atoms with van der Waals surface area (Å²) in [6.45, 7) is 4.67. The fraction of sp³-hybridized carbons (Fsp3) is 0.389. The van der Waals surface area contributed by atoms with Crippen molar-refractivity contribution in [1.82, 2.24) is 10.2 Å². The quantitative estimate of drug-likeness (QED) is 0.918. The SMILES string of the molecule is Cc1ccc([C@@H](NC(=O)CN2CCCC2)c2cccs2)cc1. The van der Waals surface area contributed by atoms with E-state index < -0.39 is 0 Å². The number of nitrogens with zero attached hydrogens (tertiary/aromatic N) is 1. The van der Waals surface area contributed by atoms with Crippen molar-refractivity contribution in [3.63, 3.8) is 0 Å². The molecular formula is C18H22N2OS. The monoisotopic (exact) mass is 314 g/mol. The van der Waals surface area contributed by atoms with Gasteiger partial charge in [-0.05, 0) is 49.9 Å². The van der Waals surface area contributed by atoms with E-state index in [0.29, 0.717) is 6.54 Å². The molecule has 0 bridgehead atoms. The van der Waals surface area contributed by atoms with Gasteiger partial charge in [-0.25, -0.2) is 0 Å². The van der Waals surface area contributed by atoms with E-state index in [9.17, 15) is 4.79 Å². The number of benzene rings is 1. The van der Waals surface area contributed by atoms with Crippen LogP contribution in [0.2, 0.25) is 0 Å². The Balaban J connectivity index is 1.74. The van der Waals surface area contributed by atoms with Crippen LogP contribution in [0.4, 0.5) is 0 Å². The molecule has 3 rings (SSSR count). The van der Waals surface area contributed by atoms with Gasteiger partial charge in [-0.3, -0.25) is 9.69 Å². The molecule has 1 aromatic carbocycles. The smallest absolute Gasteiger partial charge is 0.234 e. The highest BCUT2D eigenvalue weighted by molar-refractivity contribution is 7.10. The fourth-order valence-electron chi connectivity index (χ4n) is 2.88. The van der Waals surface area contributed by atoms with Crippen LogP contribution in [0.5, 0.6) is 0 Å². The molecular weight excluding hydrogens is 292 g/mol. The molecule has 0 spiro atoms. The Kier molecular flexibility index (Phi) is 4.90. The Hall–Kier alpha value is -1.65. The molecule has 1 aliphatic heterocycles. The summed E-state index contributed by atoms with van der Waals surface area (Å²) >= 11 is 1.69. The van der Waals surface area contributed by atoms with Gasteiger partial charge in [-0.1, -0.05) is 35.9 Å². The molecule has 22 heavy (non-hydrogen) atoms. The molecule has 0 radical (unpaired) electrons. The van der Waals surface area contributed by atoms with E-state index in [1.165, 1.54) is 23.3 Å². The number of nitrogens with one attached hydrogen (secondary N) is 1. The third-order valence-corrected chi connectivity index (χ3v) is 5.05. The Bertz CT molecular complexity index is 601. The van der Waals surface area contributed by atoms with E-state index in [0.717, 1.165) is 18.7 Å². The first-order valence-electron chi connectivity index (χ1n) is 7.84. The highest BCUT2D eigenvalue weighted by Crippen LogP contribution is 2.26. The number of amides is 1. The standard InChI is InChI=1S/C18H22N2OS/c1-14-6-8-15(9-7-14)18(16-5-4-12-22-16)19-17(21)13-20-10-2-3-11-20/h4-9,12,18H,2-3,10-11,13H2,1H3,(H,19,21)/t18-/m1/s1. The predicted octanol–water partition coefficient (Wildman–Crippen LogP) is 3.36. The van der Waals surface area contributed by atoms with Crippen LogP contribution in [0.15, 0.2) is 41.8 Å². The van der Waals surface area contributed by atoms with Crippen LogP contribution >= 0.6 is 11.3 Å². The summed E-state index contributed by atoms with van der Waals surface area (Å²) in [5, 5.41) is 5.27. The maximum atomic E-state index is 12.4. The van der Waals surface area contributed by atoms with Crippen LogP contribution in [0.3, 0.4) is 0 Å². The van der Waals surface area contributed by atoms with E-state index in [1.807, 2.05) is 6.07 Å². The topological polar surface area (TPSA) is 32.3 Å². The lowest BCUT2D eigenvalue weighted by atomic mass is 10.0. The van der Waals surface area contributed by atoms with Gasteiger partial charge in [0, 0.05) is 4.88 Å². The van der Waals surface area contributed by atoms with Crippen molar-refractivity contribution in [3.8, 4) is 0 Å². The van der Waals surface area contributed by atoms with Crippen LogP contribution in [0.1, 0.15) is 34.9 Å². The second kappa shape index (κ2) is 7.07. The highest BCUT2D eigenvalue weighted by atomic mass is 32.1. The zero-order chi connectivity index (χ0) is 15.4.